The number of ketones is 1. The van der Waals surface area contributed by atoms with Crippen LogP contribution in [-0.4, -0.2) is 18.6 Å². The van der Waals surface area contributed by atoms with E-state index in [1.54, 1.807) is 18.8 Å². The van der Waals surface area contributed by atoms with Crippen LogP contribution < -0.4 is 5.30 Å². The van der Waals surface area contributed by atoms with Gasteiger partial charge >= 0.3 is 0 Å². The Kier molecular flexibility index (Phi) is 3.78. The predicted octanol–water partition coefficient (Wildman–Crippen LogP) is 3.19. The monoisotopic (exact) mass is 258 g/mol. The van der Waals surface area contributed by atoms with Crippen LogP contribution in [0.15, 0.2) is 60.7 Å². The fraction of sp³-hybridized carbons (Fsp3) is 0.133. The van der Waals surface area contributed by atoms with Crippen LogP contribution in [-0.2, 0) is 4.57 Å². The molecule has 2 aromatic rings. The molecule has 0 radical (unpaired) electrons. The molecule has 92 valence electrons. The number of carbonyl (C=O) groups excluding carboxylic acids is 1. The minimum absolute atomic E-state index is 0.0645. The smallest absolute Gasteiger partial charge is 0.170 e. The van der Waals surface area contributed by atoms with Crippen LogP contribution in [0, 0.1) is 0 Å². The number of hydrogen-bond acceptors (Lipinski definition) is 2. The third kappa shape index (κ3) is 2.96. The molecule has 1 atom stereocenters. The summed E-state index contributed by atoms with van der Waals surface area (Å²) in [6.45, 7) is 1.67. The Bertz CT molecular complexity index is 576. The Morgan fingerprint density at radius 2 is 1.44 bits per heavy atom. The van der Waals surface area contributed by atoms with E-state index in [0.29, 0.717) is 5.56 Å². The second kappa shape index (κ2) is 5.32. The third-order valence-corrected chi connectivity index (χ3v) is 5.12. The van der Waals surface area contributed by atoms with E-state index >= 15 is 0 Å². The van der Waals surface area contributed by atoms with Gasteiger partial charge in [-0.15, -0.1) is 0 Å². The molecule has 3 heteroatoms. The first-order valence-corrected chi connectivity index (χ1v) is 8.14. The highest BCUT2D eigenvalue weighted by atomic mass is 31.2. The second-order valence-electron chi connectivity index (χ2n) is 4.38. The number of carbonyl (C=O) groups is 1. The van der Waals surface area contributed by atoms with Gasteiger partial charge in [-0.1, -0.05) is 60.7 Å². The SMILES string of the molecule is CP(=O)(CC(=O)c1ccccc1)c1ccccc1. The average molecular weight is 258 g/mol. The van der Waals surface area contributed by atoms with Crippen molar-refractivity contribution in [2.75, 3.05) is 12.8 Å². The second-order valence-corrected chi connectivity index (χ2v) is 7.42. The first kappa shape index (κ1) is 12.8. The number of benzene rings is 2. The molecule has 0 saturated heterocycles. The molecule has 2 nitrogen and oxygen atoms in total. The maximum absolute atomic E-state index is 12.6. The van der Waals surface area contributed by atoms with Crippen LogP contribution in [0.2, 0.25) is 0 Å². The van der Waals surface area contributed by atoms with Crippen molar-refractivity contribution in [1.29, 1.82) is 0 Å². The fourth-order valence-corrected chi connectivity index (χ4v) is 3.54. The molecule has 18 heavy (non-hydrogen) atoms. The highest BCUT2D eigenvalue weighted by Crippen LogP contribution is 2.40. The van der Waals surface area contributed by atoms with Crippen molar-refractivity contribution < 1.29 is 9.36 Å². The van der Waals surface area contributed by atoms with Gasteiger partial charge in [-0.05, 0) is 6.66 Å². The lowest BCUT2D eigenvalue weighted by Gasteiger charge is -2.12. The van der Waals surface area contributed by atoms with E-state index in [1.807, 2.05) is 48.5 Å². The molecule has 0 bridgehead atoms. The number of Topliss-reactive ketones (excluding diaryl/α,β-unsaturated/α-hetero) is 1. The van der Waals surface area contributed by atoms with Gasteiger partial charge in [0.1, 0.15) is 7.14 Å². The average Bonchev–Trinajstić information content (AvgIpc) is 2.40. The third-order valence-electron chi connectivity index (χ3n) is 2.84. The van der Waals surface area contributed by atoms with Gasteiger partial charge in [0.15, 0.2) is 5.78 Å². The molecule has 0 heterocycles. The molecule has 0 aromatic heterocycles. The van der Waals surface area contributed by atoms with E-state index in [0.717, 1.165) is 5.30 Å². The molecule has 0 aliphatic heterocycles. The summed E-state index contributed by atoms with van der Waals surface area (Å²) in [7, 11) is -2.62. The van der Waals surface area contributed by atoms with Crippen molar-refractivity contribution >= 4 is 18.2 Å². The molecule has 0 spiro atoms. The molecular formula is C15H15O2P. The van der Waals surface area contributed by atoms with Crippen LogP contribution >= 0.6 is 7.14 Å². The maximum atomic E-state index is 12.6. The lowest BCUT2D eigenvalue weighted by atomic mass is 10.2. The summed E-state index contributed by atoms with van der Waals surface area (Å²) in [4.78, 5) is 12.1. The lowest BCUT2D eigenvalue weighted by molar-refractivity contribution is 0.102. The molecule has 0 fully saturated rings. The molecular weight excluding hydrogens is 243 g/mol. The number of hydrogen-bond donors (Lipinski definition) is 0. The first-order valence-electron chi connectivity index (χ1n) is 5.80. The molecule has 2 rings (SSSR count). The first-order chi connectivity index (χ1) is 8.59. The predicted molar refractivity (Wildman–Crippen MR) is 75.2 cm³/mol. The molecule has 0 saturated carbocycles. The summed E-state index contributed by atoms with van der Waals surface area (Å²) in [5, 5.41) is 0.759. The Morgan fingerprint density at radius 1 is 0.944 bits per heavy atom. The van der Waals surface area contributed by atoms with Crippen LogP contribution in [0.5, 0.6) is 0 Å². The van der Waals surface area contributed by atoms with Crippen LogP contribution in [0.4, 0.5) is 0 Å². The summed E-state index contributed by atoms with van der Waals surface area (Å²) in [5.74, 6) is -0.0645. The summed E-state index contributed by atoms with van der Waals surface area (Å²) >= 11 is 0. The van der Waals surface area contributed by atoms with Gasteiger partial charge in [0, 0.05) is 10.9 Å². The minimum Gasteiger partial charge on any atom is -0.318 e. The molecule has 1 unspecified atom stereocenters. The van der Waals surface area contributed by atoms with Crippen LogP contribution in [0.1, 0.15) is 10.4 Å². The van der Waals surface area contributed by atoms with Crippen molar-refractivity contribution in [3.05, 3.63) is 66.2 Å². The van der Waals surface area contributed by atoms with E-state index in [4.69, 9.17) is 0 Å². The molecule has 0 aliphatic rings. The zero-order valence-corrected chi connectivity index (χ0v) is 11.1. The van der Waals surface area contributed by atoms with Gasteiger partial charge in [0.2, 0.25) is 0 Å². The summed E-state index contributed by atoms with van der Waals surface area (Å²) in [5.41, 5.74) is 0.621. The van der Waals surface area contributed by atoms with E-state index < -0.39 is 7.14 Å². The van der Waals surface area contributed by atoms with E-state index in [1.165, 1.54) is 0 Å². The Balaban J connectivity index is 2.19. The highest BCUT2D eigenvalue weighted by Gasteiger charge is 2.22. The Labute approximate surface area is 107 Å². The molecule has 0 aliphatic carbocycles. The molecule has 0 amide bonds. The van der Waals surface area contributed by atoms with Gasteiger partial charge in [0.25, 0.3) is 0 Å². The zero-order chi connectivity index (χ0) is 13.0. The van der Waals surface area contributed by atoms with Crippen molar-refractivity contribution in [2.45, 2.75) is 0 Å². The van der Waals surface area contributed by atoms with Crippen molar-refractivity contribution in [2.24, 2.45) is 0 Å². The van der Waals surface area contributed by atoms with Gasteiger partial charge < -0.3 is 4.57 Å². The normalized spacial score (nSPS) is 13.8. The molecule has 0 N–H and O–H groups in total. The van der Waals surface area contributed by atoms with Crippen LogP contribution in [0.25, 0.3) is 0 Å². The summed E-state index contributed by atoms with van der Waals surface area (Å²) in [6.07, 6.45) is 0.0844. The van der Waals surface area contributed by atoms with E-state index in [2.05, 4.69) is 0 Å². The Morgan fingerprint density at radius 3 is 2.00 bits per heavy atom. The lowest BCUT2D eigenvalue weighted by Crippen LogP contribution is -2.13. The minimum atomic E-state index is -2.62. The quantitative estimate of drug-likeness (QED) is 0.623. The fourth-order valence-electron chi connectivity index (χ4n) is 1.82. The standard InChI is InChI=1S/C15H15O2P/c1-18(17,14-10-6-3-7-11-14)12-15(16)13-8-4-2-5-9-13/h2-11H,12H2,1H3. The van der Waals surface area contributed by atoms with Crippen molar-refractivity contribution in [3.8, 4) is 0 Å². The van der Waals surface area contributed by atoms with Crippen molar-refractivity contribution in [3.63, 3.8) is 0 Å². The summed E-state index contributed by atoms with van der Waals surface area (Å²) in [6, 6.07) is 18.2. The molecule has 2 aromatic carbocycles. The summed E-state index contributed by atoms with van der Waals surface area (Å²) < 4.78 is 12.6. The zero-order valence-electron chi connectivity index (χ0n) is 10.2. The maximum Gasteiger partial charge on any atom is 0.170 e. The van der Waals surface area contributed by atoms with Crippen molar-refractivity contribution in [1.82, 2.24) is 0 Å². The van der Waals surface area contributed by atoms with E-state index in [9.17, 15) is 9.36 Å². The largest absolute Gasteiger partial charge is 0.318 e. The van der Waals surface area contributed by atoms with Crippen LogP contribution in [0.3, 0.4) is 0 Å². The van der Waals surface area contributed by atoms with Gasteiger partial charge in [0.05, 0.1) is 6.16 Å². The highest BCUT2D eigenvalue weighted by molar-refractivity contribution is 7.71. The number of rotatable bonds is 4. The van der Waals surface area contributed by atoms with Gasteiger partial charge in [-0.25, -0.2) is 0 Å². The van der Waals surface area contributed by atoms with Gasteiger partial charge in [-0.3, -0.25) is 4.79 Å². The topological polar surface area (TPSA) is 34.1 Å². The van der Waals surface area contributed by atoms with Gasteiger partial charge in [-0.2, -0.15) is 0 Å². The van der Waals surface area contributed by atoms with E-state index in [-0.39, 0.29) is 11.9 Å². The Hall–Kier alpha value is -1.66.